The van der Waals surface area contributed by atoms with Gasteiger partial charge in [-0.1, -0.05) is 18.2 Å². The summed E-state index contributed by atoms with van der Waals surface area (Å²) < 4.78 is 0. The van der Waals surface area contributed by atoms with Crippen molar-refractivity contribution in [1.29, 1.82) is 0 Å². The van der Waals surface area contributed by atoms with Gasteiger partial charge in [-0.3, -0.25) is 4.79 Å². The van der Waals surface area contributed by atoms with Crippen molar-refractivity contribution in [1.82, 2.24) is 19.9 Å². The van der Waals surface area contributed by atoms with Crippen molar-refractivity contribution in [3.63, 3.8) is 0 Å². The molecule has 0 saturated carbocycles. The standard InChI is InChI=1S/C22H25N5OS/c1-15-13-23-22(29-15)26-20-12-19(24-16(2)25-20)11-17-7-6-10-27(14-17)21(28)18-8-4-3-5-9-18/h3-5,8-9,12-13,17H,6-7,10-11,14H2,1-2H3,(H,23,24,25,26)/t17-/m0/s1. The average molecular weight is 408 g/mol. The second-order valence-electron chi connectivity index (χ2n) is 7.52. The fourth-order valence-electron chi connectivity index (χ4n) is 3.80. The zero-order valence-electron chi connectivity index (χ0n) is 16.8. The maximum absolute atomic E-state index is 12.8. The van der Waals surface area contributed by atoms with Crippen LogP contribution in [0.3, 0.4) is 0 Å². The Labute approximate surface area is 175 Å². The molecule has 1 aliphatic heterocycles. The lowest BCUT2D eigenvalue weighted by Crippen LogP contribution is -2.40. The molecule has 0 unspecified atom stereocenters. The van der Waals surface area contributed by atoms with Gasteiger partial charge in [-0.15, -0.1) is 11.3 Å². The second-order valence-corrected chi connectivity index (χ2v) is 8.76. The van der Waals surface area contributed by atoms with Crippen LogP contribution in [0.2, 0.25) is 0 Å². The molecular weight excluding hydrogens is 382 g/mol. The maximum Gasteiger partial charge on any atom is 0.253 e. The van der Waals surface area contributed by atoms with Gasteiger partial charge in [0.1, 0.15) is 11.6 Å². The Kier molecular flexibility index (Phi) is 5.85. The third-order valence-corrected chi connectivity index (χ3v) is 5.90. The number of aromatic nitrogens is 3. The molecule has 0 radical (unpaired) electrons. The minimum atomic E-state index is 0.121. The number of thiazole rings is 1. The van der Waals surface area contributed by atoms with E-state index in [1.807, 2.05) is 61.3 Å². The third kappa shape index (κ3) is 4.98. The molecule has 3 aromatic rings. The molecule has 0 spiro atoms. The van der Waals surface area contributed by atoms with Gasteiger partial charge in [0, 0.05) is 41.5 Å². The molecule has 1 saturated heterocycles. The van der Waals surface area contributed by atoms with Crippen molar-refractivity contribution in [2.24, 2.45) is 5.92 Å². The van der Waals surface area contributed by atoms with Crippen LogP contribution in [-0.2, 0) is 6.42 Å². The van der Waals surface area contributed by atoms with E-state index in [9.17, 15) is 4.79 Å². The molecule has 1 amide bonds. The molecule has 1 fully saturated rings. The number of hydrogen-bond acceptors (Lipinski definition) is 6. The number of carbonyl (C=O) groups is 1. The van der Waals surface area contributed by atoms with E-state index in [2.05, 4.69) is 20.3 Å². The lowest BCUT2D eigenvalue weighted by molar-refractivity contribution is 0.0672. The maximum atomic E-state index is 12.8. The van der Waals surface area contributed by atoms with Gasteiger partial charge in [0.15, 0.2) is 5.13 Å². The SMILES string of the molecule is Cc1nc(C[C@@H]2CCCN(C(=O)c3ccccc3)C2)cc(Nc2ncc(C)s2)n1. The van der Waals surface area contributed by atoms with Gasteiger partial charge in [0.25, 0.3) is 5.91 Å². The Hall–Kier alpha value is -2.80. The first-order valence-electron chi connectivity index (χ1n) is 9.95. The summed E-state index contributed by atoms with van der Waals surface area (Å²) in [5.74, 6) is 2.04. The Morgan fingerprint density at radius 2 is 2.07 bits per heavy atom. The first kappa shape index (κ1) is 19.5. The number of nitrogens with zero attached hydrogens (tertiary/aromatic N) is 4. The minimum Gasteiger partial charge on any atom is -0.338 e. The van der Waals surface area contributed by atoms with E-state index < -0.39 is 0 Å². The van der Waals surface area contributed by atoms with Crippen LogP contribution in [0.15, 0.2) is 42.6 Å². The molecule has 150 valence electrons. The van der Waals surface area contributed by atoms with Crippen LogP contribution < -0.4 is 5.32 Å². The summed E-state index contributed by atoms with van der Waals surface area (Å²) in [6.07, 6.45) is 4.82. The summed E-state index contributed by atoms with van der Waals surface area (Å²) in [5.41, 5.74) is 1.77. The highest BCUT2D eigenvalue weighted by atomic mass is 32.1. The highest BCUT2D eigenvalue weighted by Gasteiger charge is 2.25. The highest BCUT2D eigenvalue weighted by Crippen LogP contribution is 2.24. The summed E-state index contributed by atoms with van der Waals surface area (Å²) >= 11 is 1.60. The number of carbonyl (C=O) groups excluding carboxylic acids is 1. The van der Waals surface area contributed by atoms with Crippen LogP contribution in [0, 0.1) is 19.8 Å². The summed E-state index contributed by atoms with van der Waals surface area (Å²) in [4.78, 5) is 29.4. The number of piperidine rings is 1. The first-order chi connectivity index (χ1) is 14.1. The van der Waals surface area contributed by atoms with Gasteiger partial charge in [-0.05, 0) is 51.2 Å². The quantitative estimate of drug-likeness (QED) is 0.679. The fourth-order valence-corrected chi connectivity index (χ4v) is 4.47. The molecule has 7 heteroatoms. The van der Waals surface area contributed by atoms with Gasteiger partial charge in [0.05, 0.1) is 0 Å². The zero-order valence-corrected chi connectivity index (χ0v) is 17.6. The van der Waals surface area contributed by atoms with Crippen molar-refractivity contribution in [3.05, 3.63) is 64.6 Å². The molecule has 0 bridgehead atoms. The Morgan fingerprint density at radius 3 is 2.83 bits per heavy atom. The number of amides is 1. The van der Waals surface area contributed by atoms with Crippen LogP contribution in [0.1, 0.15) is 39.6 Å². The van der Waals surface area contributed by atoms with E-state index in [-0.39, 0.29) is 5.91 Å². The average Bonchev–Trinajstić information content (AvgIpc) is 3.12. The molecule has 29 heavy (non-hydrogen) atoms. The molecule has 2 aromatic heterocycles. The summed E-state index contributed by atoms with van der Waals surface area (Å²) in [5, 5.41) is 4.12. The molecule has 1 aliphatic rings. The molecule has 1 N–H and O–H groups in total. The largest absolute Gasteiger partial charge is 0.338 e. The van der Waals surface area contributed by atoms with Crippen molar-refractivity contribution in [2.75, 3.05) is 18.4 Å². The van der Waals surface area contributed by atoms with E-state index in [0.29, 0.717) is 5.92 Å². The van der Waals surface area contributed by atoms with E-state index in [1.54, 1.807) is 11.3 Å². The number of rotatable bonds is 5. The summed E-state index contributed by atoms with van der Waals surface area (Å²) in [7, 11) is 0. The number of likely N-dealkylation sites (tertiary alicyclic amines) is 1. The van der Waals surface area contributed by atoms with E-state index >= 15 is 0 Å². The van der Waals surface area contributed by atoms with E-state index in [0.717, 1.165) is 65.3 Å². The first-order valence-corrected chi connectivity index (χ1v) is 10.8. The van der Waals surface area contributed by atoms with Gasteiger partial charge in [-0.25, -0.2) is 15.0 Å². The number of aryl methyl sites for hydroxylation is 2. The van der Waals surface area contributed by atoms with Gasteiger partial charge in [-0.2, -0.15) is 0 Å². The molecule has 3 heterocycles. The van der Waals surface area contributed by atoms with E-state index in [1.165, 1.54) is 0 Å². The molecule has 1 atom stereocenters. The van der Waals surface area contributed by atoms with Crippen LogP contribution >= 0.6 is 11.3 Å². The monoisotopic (exact) mass is 407 g/mol. The molecule has 4 rings (SSSR count). The predicted octanol–water partition coefficient (Wildman–Crippen LogP) is 4.39. The molecular formula is C22H25N5OS. The van der Waals surface area contributed by atoms with Crippen molar-refractivity contribution in [2.45, 2.75) is 33.1 Å². The minimum absolute atomic E-state index is 0.121. The normalized spacial score (nSPS) is 16.6. The van der Waals surface area contributed by atoms with Crippen molar-refractivity contribution < 1.29 is 4.79 Å². The van der Waals surface area contributed by atoms with Gasteiger partial charge in [0.2, 0.25) is 0 Å². The van der Waals surface area contributed by atoms with Gasteiger partial charge < -0.3 is 10.2 Å². The van der Waals surface area contributed by atoms with Crippen LogP contribution in [-0.4, -0.2) is 38.8 Å². The summed E-state index contributed by atoms with van der Waals surface area (Å²) in [6.45, 7) is 5.54. The fraction of sp³-hybridized carbons (Fsp3) is 0.364. The molecule has 1 aromatic carbocycles. The number of benzene rings is 1. The molecule has 6 nitrogen and oxygen atoms in total. The number of nitrogens with one attached hydrogen (secondary N) is 1. The Morgan fingerprint density at radius 1 is 1.24 bits per heavy atom. The lowest BCUT2D eigenvalue weighted by atomic mass is 9.92. The third-order valence-electron chi connectivity index (χ3n) is 5.07. The number of hydrogen-bond donors (Lipinski definition) is 1. The van der Waals surface area contributed by atoms with Gasteiger partial charge >= 0.3 is 0 Å². The Balaban J connectivity index is 1.43. The Bertz CT molecular complexity index is 988. The van der Waals surface area contributed by atoms with E-state index in [4.69, 9.17) is 0 Å². The topological polar surface area (TPSA) is 71.0 Å². The van der Waals surface area contributed by atoms with Crippen LogP contribution in [0.25, 0.3) is 0 Å². The summed E-state index contributed by atoms with van der Waals surface area (Å²) in [6, 6.07) is 11.5. The lowest BCUT2D eigenvalue weighted by Gasteiger charge is -2.33. The highest BCUT2D eigenvalue weighted by molar-refractivity contribution is 7.15. The van der Waals surface area contributed by atoms with Crippen molar-refractivity contribution in [3.8, 4) is 0 Å². The molecule has 0 aliphatic carbocycles. The van der Waals surface area contributed by atoms with Crippen LogP contribution in [0.4, 0.5) is 10.9 Å². The predicted molar refractivity (Wildman–Crippen MR) is 116 cm³/mol. The van der Waals surface area contributed by atoms with Crippen molar-refractivity contribution >= 4 is 28.2 Å². The smallest absolute Gasteiger partial charge is 0.253 e. The second kappa shape index (κ2) is 8.69. The zero-order chi connectivity index (χ0) is 20.2. The van der Waals surface area contributed by atoms with Crippen LogP contribution in [0.5, 0.6) is 0 Å². The number of anilines is 2.